The normalized spacial score (nSPS) is 11.6. The van der Waals surface area contributed by atoms with Crippen LogP contribution in [0.2, 0.25) is 0 Å². The van der Waals surface area contributed by atoms with Gasteiger partial charge in [-0.2, -0.15) is 4.31 Å². The molecule has 0 bridgehead atoms. The van der Waals surface area contributed by atoms with Gasteiger partial charge in [0.05, 0.1) is 6.54 Å². The number of hydrogen-bond donors (Lipinski definition) is 1. The Bertz CT molecular complexity index is 780. The van der Waals surface area contributed by atoms with Crippen molar-refractivity contribution in [2.45, 2.75) is 11.1 Å². The molecule has 0 aliphatic carbocycles. The molecule has 7 nitrogen and oxygen atoms in total. The second-order valence-electron chi connectivity index (χ2n) is 4.34. The molecule has 0 fully saturated rings. The Hall–Kier alpha value is -1.62. The highest BCUT2D eigenvalue weighted by Crippen LogP contribution is 2.20. The zero-order chi connectivity index (χ0) is 16.3. The predicted octanol–water partition coefficient (Wildman–Crippen LogP) is 1.67. The van der Waals surface area contributed by atoms with E-state index in [-0.39, 0.29) is 27.4 Å². The van der Waals surface area contributed by atoms with Gasteiger partial charge in [0.15, 0.2) is 10.9 Å². The van der Waals surface area contributed by atoms with Crippen molar-refractivity contribution in [1.82, 2.24) is 9.29 Å². The summed E-state index contributed by atoms with van der Waals surface area (Å²) in [5.41, 5.74) is 0.264. The number of hydrogen-bond acceptors (Lipinski definition) is 7. The molecule has 0 unspecified atom stereocenters. The van der Waals surface area contributed by atoms with E-state index in [0.717, 1.165) is 27.0 Å². The Morgan fingerprint density at radius 2 is 2.09 bits per heavy atom. The second-order valence-corrected chi connectivity index (χ2v) is 8.41. The first-order valence-electron chi connectivity index (χ1n) is 6.07. The zero-order valence-electron chi connectivity index (χ0n) is 11.8. The number of Topliss-reactive ketones (excluding diaryl/α,β-unsaturated/α-hetero) is 1. The monoisotopic (exact) mass is 359 g/mol. The lowest BCUT2D eigenvalue weighted by Gasteiger charge is -2.14. The number of nitrogens with zero attached hydrogens (tertiary/aromatic N) is 2. The van der Waals surface area contributed by atoms with Crippen LogP contribution in [-0.4, -0.2) is 43.0 Å². The number of amides is 1. The number of likely N-dealkylation sites (N-methyl/N-ethyl adjacent to an activating group) is 1. The molecule has 2 rings (SSSR count). The first-order valence-corrected chi connectivity index (χ1v) is 9.27. The first kappa shape index (κ1) is 16.7. The van der Waals surface area contributed by atoms with Crippen LogP contribution in [-0.2, 0) is 14.8 Å². The molecule has 0 saturated carbocycles. The first-order chi connectivity index (χ1) is 10.3. The van der Waals surface area contributed by atoms with Crippen LogP contribution in [0.15, 0.2) is 27.1 Å². The van der Waals surface area contributed by atoms with Crippen LogP contribution in [0.1, 0.15) is 17.4 Å². The molecule has 0 aliphatic rings. The Labute approximate surface area is 135 Å². The summed E-state index contributed by atoms with van der Waals surface area (Å²) in [6.45, 7) is 1.04. The second kappa shape index (κ2) is 6.65. The quantitative estimate of drug-likeness (QED) is 0.791. The van der Waals surface area contributed by atoms with Gasteiger partial charge in [-0.1, -0.05) is 6.07 Å². The van der Waals surface area contributed by atoms with E-state index in [4.69, 9.17) is 0 Å². The third-order valence-electron chi connectivity index (χ3n) is 2.64. The number of rotatable bonds is 6. The molecule has 2 aromatic heterocycles. The average Bonchev–Trinajstić information content (AvgIpc) is 3.09. The number of thiazole rings is 1. The Morgan fingerprint density at radius 3 is 2.64 bits per heavy atom. The molecule has 2 heterocycles. The maximum atomic E-state index is 12.2. The molecule has 0 radical (unpaired) electrons. The van der Waals surface area contributed by atoms with E-state index in [1.165, 1.54) is 25.4 Å². The summed E-state index contributed by atoms with van der Waals surface area (Å²) in [4.78, 5) is 27.0. The van der Waals surface area contributed by atoms with Crippen molar-refractivity contribution in [2.75, 3.05) is 18.9 Å². The van der Waals surface area contributed by atoms with E-state index in [1.807, 2.05) is 0 Å². The number of carbonyl (C=O) groups is 2. The zero-order valence-corrected chi connectivity index (χ0v) is 14.2. The molecule has 1 N–H and O–H groups in total. The minimum Gasteiger partial charge on any atom is -0.301 e. The fraction of sp³-hybridized carbons (Fsp3) is 0.250. The van der Waals surface area contributed by atoms with Gasteiger partial charge < -0.3 is 5.32 Å². The number of sulfonamides is 1. The van der Waals surface area contributed by atoms with Crippen LogP contribution in [0, 0.1) is 0 Å². The van der Waals surface area contributed by atoms with Crippen molar-refractivity contribution in [1.29, 1.82) is 0 Å². The molecule has 10 heteroatoms. The summed E-state index contributed by atoms with van der Waals surface area (Å²) < 4.78 is 25.5. The summed E-state index contributed by atoms with van der Waals surface area (Å²) in [5.74, 6) is -0.721. The van der Waals surface area contributed by atoms with Gasteiger partial charge >= 0.3 is 0 Å². The van der Waals surface area contributed by atoms with E-state index in [9.17, 15) is 18.0 Å². The van der Waals surface area contributed by atoms with Crippen LogP contribution in [0.25, 0.3) is 0 Å². The van der Waals surface area contributed by atoms with E-state index in [0.29, 0.717) is 0 Å². The minimum atomic E-state index is -3.67. The lowest BCUT2D eigenvalue weighted by molar-refractivity contribution is -0.116. The molecule has 0 atom stereocenters. The van der Waals surface area contributed by atoms with Crippen molar-refractivity contribution < 1.29 is 18.0 Å². The number of anilines is 1. The van der Waals surface area contributed by atoms with Crippen LogP contribution in [0.5, 0.6) is 0 Å². The van der Waals surface area contributed by atoms with E-state index >= 15 is 0 Å². The summed E-state index contributed by atoms with van der Waals surface area (Å²) >= 11 is 2.20. The molecule has 2 aromatic rings. The highest BCUT2D eigenvalue weighted by atomic mass is 32.2. The van der Waals surface area contributed by atoms with Crippen molar-refractivity contribution in [3.05, 3.63) is 28.6 Å². The van der Waals surface area contributed by atoms with Crippen LogP contribution in [0.4, 0.5) is 5.13 Å². The smallest absolute Gasteiger partial charge is 0.252 e. The van der Waals surface area contributed by atoms with Gasteiger partial charge in [-0.3, -0.25) is 9.59 Å². The maximum Gasteiger partial charge on any atom is 0.252 e. The summed E-state index contributed by atoms with van der Waals surface area (Å²) in [7, 11) is -2.34. The number of nitrogens with one attached hydrogen (secondary N) is 1. The van der Waals surface area contributed by atoms with Gasteiger partial charge in [0.1, 0.15) is 9.90 Å². The summed E-state index contributed by atoms with van der Waals surface area (Å²) in [5, 5.41) is 5.92. The summed E-state index contributed by atoms with van der Waals surface area (Å²) in [6, 6.07) is 3.11. The van der Waals surface area contributed by atoms with Crippen LogP contribution >= 0.6 is 22.7 Å². The van der Waals surface area contributed by atoms with Gasteiger partial charge in [-0.15, -0.1) is 22.7 Å². The minimum absolute atomic E-state index is 0.177. The third kappa shape index (κ3) is 3.77. The lowest BCUT2D eigenvalue weighted by Crippen LogP contribution is -2.34. The Kier molecular flexibility index (Phi) is 5.06. The number of aromatic nitrogens is 1. The molecule has 0 aromatic carbocycles. The van der Waals surface area contributed by atoms with Crippen molar-refractivity contribution in [3.63, 3.8) is 0 Å². The molecule has 0 saturated heterocycles. The van der Waals surface area contributed by atoms with E-state index in [2.05, 4.69) is 10.3 Å². The Morgan fingerprint density at radius 1 is 1.36 bits per heavy atom. The molecule has 22 heavy (non-hydrogen) atoms. The maximum absolute atomic E-state index is 12.2. The molecule has 1 amide bonds. The average molecular weight is 359 g/mol. The van der Waals surface area contributed by atoms with Crippen LogP contribution < -0.4 is 5.32 Å². The van der Waals surface area contributed by atoms with Gasteiger partial charge in [-0.25, -0.2) is 13.4 Å². The summed E-state index contributed by atoms with van der Waals surface area (Å²) in [6.07, 6.45) is 0. The Balaban J connectivity index is 2.01. The fourth-order valence-electron chi connectivity index (χ4n) is 1.50. The van der Waals surface area contributed by atoms with Gasteiger partial charge in [0, 0.05) is 19.4 Å². The van der Waals surface area contributed by atoms with Crippen LogP contribution in [0.3, 0.4) is 0 Å². The SMILES string of the molecule is CC(=O)c1csc(NC(=O)CN(C)S(=O)(=O)c2cccs2)n1. The number of ketones is 1. The molecule has 0 aliphatic heterocycles. The van der Waals surface area contributed by atoms with Gasteiger partial charge in [-0.05, 0) is 11.4 Å². The van der Waals surface area contributed by atoms with Crippen molar-refractivity contribution >= 4 is 49.5 Å². The molecule has 118 valence electrons. The molecular weight excluding hydrogens is 346 g/mol. The molecule has 0 spiro atoms. The predicted molar refractivity (Wildman–Crippen MR) is 84.9 cm³/mol. The molecular formula is C12H13N3O4S3. The van der Waals surface area contributed by atoms with Crippen molar-refractivity contribution in [3.8, 4) is 0 Å². The fourth-order valence-corrected chi connectivity index (χ4v) is 4.60. The van der Waals surface area contributed by atoms with Gasteiger partial charge in [0.25, 0.3) is 10.0 Å². The van der Waals surface area contributed by atoms with E-state index in [1.54, 1.807) is 11.4 Å². The highest BCUT2D eigenvalue weighted by Gasteiger charge is 2.24. The van der Waals surface area contributed by atoms with E-state index < -0.39 is 15.9 Å². The number of thiophene rings is 1. The standard InChI is InChI=1S/C12H13N3O4S3/c1-8(16)9-7-21-12(13-9)14-10(17)6-15(2)22(18,19)11-4-3-5-20-11/h3-5,7H,6H2,1-2H3,(H,13,14,17). The largest absolute Gasteiger partial charge is 0.301 e. The highest BCUT2D eigenvalue weighted by molar-refractivity contribution is 7.91. The number of carbonyl (C=O) groups excluding carboxylic acids is 2. The van der Waals surface area contributed by atoms with Gasteiger partial charge in [0.2, 0.25) is 5.91 Å². The van der Waals surface area contributed by atoms with Crippen molar-refractivity contribution in [2.24, 2.45) is 0 Å². The lowest BCUT2D eigenvalue weighted by atomic mass is 10.4. The topological polar surface area (TPSA) is 96.4 Å². The third-order valence-corrected chi connectivity index (χ3v) is 6.57.